The summed E-state index contributed by atoms with van der Waals surface area (Å²) >= 11 is 0. The molecule has 1 saturated heterocycles. The minimum Gasteiger partial charge on any atom is -0.507 e. The standard InChI is InChI=1S/C21H30O3/c1-20(2)11-6-12-21(3)15-13-23-19(14-7-4-5-8-16(14)22)24-17(15)9-10-18(20)21/h4-5,7-8,15,17-19,22H,6,9-13H2,1-3H3/t15-,17+,18-,19-,21+/m0/s1. The van der Waals surface area contributed by atoms with Crippen molar-refractivity contribution in [2.45, 2.75) is 65.3 Å². The largest absolute Gasteiger partial charge is 0.507 e. The van der Waals surface area contributed by atoms with Crippen LogP contribution in [0.25, 0.3) is 0 Å². The molecule has 24 heavy (non-hydrogen) atoms. The number of hydrogen-bond acceptors (Lipinski definition) is 3. The van der Waals surface area contributed by atoms with Crippen LogP contribution >= 0.6 is 0 Å². The molecule has 4 rings (SSSR count). The molecule has 1 heterocycles. The van der Waals surface area contributed by atoms with Crippen molar-refractivity contribution in [2.75, 3.05) is 6.61 Å². The topological polar surface area (TPSA) is 38.7 Å². The van der Waals surface area contributed by atoms with Crippen LogP contribution in [-0.2, 0) is 9.47 Å². The minimum atomic E-state index is -0.427. The van der Waals surface area contributed by atoms with Crippen LogP contribution in [0.1, 0.15) is 64.7 Å². The summed E-state index contributed by atoms with van der Waals surface area (Å²) in [5, 5.41) is 10.1. The van der Waals surface area contributed by atoms with E-state index in [9.17, 15) is 5.11 Å². The summed E-state index contributed by atoms with van der Waals surface area (Å²) in [7, 11) is 0. The molecule has 3 aliphatic rings. The Bertz CT molecular complexity index is 611. The molecular weight excluding hydrogens is 300 g/mol. The number of rotatable bonds is 1. The van der Waals surface area contributed by atoms with Gasteiger partial charge in [-0.25, -0.2) is 0 Å². The van der Waals surface area contributed by atoms with Crippen molar-refractivity contribution in [3.8, 4) is 5.75 Å². The monoisotopic (exact) mass is 330 g/mol. The molecule has 1 aliphatic heterocycles. The third kappa shape index (κ3) is 2.48. The molecule has 5 atom stereocenters. The normalized spacial score (nSPS) is 41.3. The highest BCUT2D eigenvalue weighted by atomic mass is 16.7. The molecule has 2 saturated carbocycles. The fourth-order valence-electron chi connectivity index (χ4n) is 5.99. The first kappa shape index (κ1) is 16.4. The molecule has 0 aromatic heterocycles. The van der Waals surface area contributed by atoms with E-state index in [-0.39, 0.29) is 11.9 Å². The van der Waals surface area contributed by atoms with E-state index < -0.39 is 6.29 Å². The Balaban J connectivity index is 1.57. The van der Waals surface area contributed by atoms with Crippen LogP contribution in [0.5, 0.6) is 5.75 Å². The van der Waals surface area contributed by atoms with Crippen molar-refractivity contribution in [3.05, 3.63) is 29.8 Å². The summed E-state index contributed by atoms with van der Waals surface area (Å²) in [5.74, 6) is 1.49. The predicted molar refractivity (Wildman–Crippen MR) is 93.6 cm³/mol. The lowest BCUT2D eigenvalue weighted by Gasteiger charge is -2.60. The smallest absolute Gasteiger partial charge is 0.187 e. The Morgan fingerprint density at radius 1 is 1.08 bits per heavy atom. The molecule has 0 spiro atoms. The Kier molecular flexibility index (Phi) is 3.92. The third-order valence-corrected chi connectivity index (χ3v) is 7.23. The van der Waals surface area contributed by atoms with Crippen LogP contribution in [0, 0.1) is 22.7 Å². The lowest BCUT2D eigenvalue weighted by atomic mass is 9.48. The molecule has 0 amide bonds. The van der Waals surface area contributed by atoms with E-state index in [1.165, 1.54) is 25.7 Å². The van der Waals surface area contributed by atoms with Gasteiger partial charge in [-0.15, -0.1) is 0 Å². The van der Waals surface area contributed by atoms with E-state index in [0.717, 1.165) is 24.5 Å². The first-order valence-electron chi connectivity index (χ1n) is 9.47. The minimum absolute atomic E-state index is 0.249. The van der Waals surface area contributed by atoms with Gasteiger partial charge in [0.15, 0.2) is 6.29 Å². The Hall–Kier alpha value is -1.06. The average Bonchev–Trinajstić information content (AvgIpc) is 2.54. The summed E-state index contributed by atoms with van der Waals surface area (Å²) in [4.78, 5) is 0. The van der Waals surface area contributed by atoms with Crippen LogP contribution in [0.4, 0.5) is 0 Å². The Morgan fingerprint density at radius 3 is 2.67 bits per heavy atom. The van der Waals surface area contributed by atoms with Crippen LogP contribution in [0.3, 0.4) is 0 Å². The fraction of sp³-hybridized carbons (Fsp3) is 0.714. The highest BCUT2D eigenvalue weighted by molar-refractivity contribution is 5.33. The fourth-order valence-corrected chi connectivity index (χ4v) is 5.99. The molecule has 1 N–H and O–H groups in total. The first-order valence-corrected chi connectivity index (χ1v) is 9.47. The molecule has 1 aromatic carbocycles. The Labute approximate surface area is 145 Å². The second-order valence-corrected chi connectivity index (χ2v) is 8.98. The molecule has 3 nitrogen and oxygen atoms in total. The van der Waals surface area contributed by atoms with Gasteiger partial charge >= 0.3 is 0 Å². The second-order valence-electron chi connectivity index (χ2n) is 8.98. The number of fused-ring (bicyclic) bond motifs is 3. The third-order valence-electron chi connectivity index (χ3n) is 7.23. The van der Waals surface area contributed by atoms with Gasteiger partial charge in [0.25, 0.3) is 0 Å². The second kappa shape index (κ2) is 5.74. The van der Waals surface area contributed by atoms with E-state index in [0.29, 0.717) is 16.7 Å². The van der Waals surface area contributed by atoms with Crippen LogP contribution in [0.15, 0.2) is 24.3 Å². The van der Waals surface area contributed by atoms with E-state index in [1.54, 1.807) is 6.07 Å². The Morgan fingerprint density at radius 2 is 1.88 bits per heavy atom. The summed E-state index contributed by atoms with van der Waals surface area (Å²) < 4.78 is 12.5. The van der Waals surface area contributed by atoms with Gasteiger partial charge in [-0.1, -0.05) is 45.4 Å². The number of ether oxygens (including phenoxy) is 2. The number of para-hydroxylation sites is 1. The van der Waals surface area contributed by atoms with Crippen molar-refractivity contribution in [1.82, 2.24) is 0 Å². The zero-order valence-corrected chi connectivity index (χ0v) is 15.1. The predicted octanol–water partition coefficient (Wildman–Crippen LogP) is 5.05. The zero-order chi connectivity index (χ0) is 16.9. The molecule has 0 bridgehead atoms. The van der Waals surface area contributed by atoms with E-state index in [2.05, 4.69) is 20.8 Å². The zero-order valence-electron chi connectivity index (χ0n) is 15.1. The van der Waals surface area contributed by atoms with Gasteiger partial charge in [-0.2, -0.15) is 0 Å². The van der Waals surface area contributed by atoms with Crippen molar-refractivity contribution < 1.29 is 14.6 Å². The van der Waals surface area contributed by atoms with E-state index >= 15 is 0 Å². The van der Waals surface area contributed by atoms with Crippen molar-refractivity contribution in [1.29, 1.82) is 0 Å². The van der Waals surface area contributed by atoms with Gasteiger partial charge in [0, 0.05) is 11.5 Å². The lowest BCUT2D eigenvalue weighted by Crippen LogP contribution is -2.56. The summed E-state index contributed by atoms with van der Waals surface area (Å²) in [6, 6.07) is 7.37. The number of hydrogen-bond donors (Lipinski definition) is 1. The number of aromatic hydroxyl groups is 1. The summed E-state index contributed by atoms with van der Waals surface area (Å²) in [6.45, 7) is 8.12. The van der Waals surface area contributed by atoms with E-state index in [1.807, 2.05) is 18.2 Å². The van der Waals surface area contributed by atoms with Crippen LogP contribution in [-0.4, -0.2) is 17.8 Å². The van der Waals surface area contributed by atoms with Gasteiger partial charge in [0.05, 0.1) is 12.7 Å². The first-order chi connectivity index (χ1) is 11.4. The van der Waals surface area contributed by atoms with Gasteiger partial charge in [0.1, 0.15) is 5.75 Å². The number of phenolic OH excluding ortho intramolecular Hbond substituents is 1. The molecule has 132 valence electrons. The lowest BCUT2D eigenvalue weighted by molar-refractivity contribution is -0.286. The molecular formula is C21H30O3. The highest BCUT2D eigenvalue weighted by Gasteiger charge is 2.56. The molecule has 2 aliphatic carbocycles. The molecule has 0 unspecified atom stereocenters. The van der Waals surface area contributed by atoms with Gasteiger partial charge < -0.3 is 14.6 Å². The van der Waals surface area contributed by atoms with Gasteiger partial charge in [-0.3, -0.25) is 0 Å². The van der Waals surface area contributed by atoms with Crippen LogP contribution < -0.4 is 0 Å². The molecule has 3 fully saturated rings. The van der Waals surface area contributed by atoms with Crippen LogP contribution in [0.2, 0.25) is 0 Å². The van der Waals surface area contributed by atoms with Gasteiger partial charge in [-0.05, 0) is 48.5 Å². The number of phenols is 1. The number of benzene rings is 1. The quantitative estimate of drug-likeness (QED) is 0.783. The van der Waals surface area contributed by atoms with Gasteiger partial charge in [0.2, 0.25) is 0 Å². The average molecular weight is 330 g/mol. The summed E-state index contributed by atoms with van der Waals surface area (Å²) in [6.07, 6.45) is 6.12. The van der Waals surface area contributed by atoms with Crippen molar-refractivity contribution in [2.24, 2.45) is 22.7 Å². The van der Waals surface area contributed by atoms with Crippen molar-refractivity contribution in [3.63, 3.8) is 0 Å². The summed E-state index contributed by atoms with van der Waals surface area (Å²) in [5.41, 5.74) is 1.49. The maximum absolute atomic E-state index is 10.1. The molecule has 0 radical (unpaired) electrons. The highest BCUT2D eigenvalue weighted by Crippen LogP contribution is 2.61. The van der Waals surface area contributed by atoms with E-state index in [4.69, 9.17) is 9.47 Å². The maximum Gasteiger partial charge on any atom is 0.187 e. The molecule has 3 heteroatoms. The SMILES string of the molecule is CC1(C)CCC[C@]2(C)[C@H]3CO[C@H](c4ccccc4O)O[C@@H]3CC[C@@H]12. The van der Waals surface area contributed by atoms with Crippen molar-refractivity contribution >= 4 is 0 Å². The maximum atomic E-state index is 10.1. The molecule has 1 aromatic rings.